The first kappa shape index (κ1) is 30.9. The minimum atomic E-state index is -2.48. The van der Waals surface area contributed by atoms with Crippen molar-refractivity contribution in [2.24, 2.45) is 11.5 Å². The van der Waals surface area contributed by atoms with Crippen LogP contribution in [0.4, 0.5) is 0 Å². The Hall–Kier alpha value is -0.680. The molecule has 17 nitrogen and oxygen atoms in total. The summed E-state index contributed by atoms with van der Waals surface area (Å²) in [6, 6.07) is -2.50. The Balaban J connectivity index is 0.00000380. The number of aliphatic hydroxyl groups is 8. The number of nitrogens with one attached hydrogen (secondary N) is 1. The molecule has 4 rings (SSSR count). The molecule has 4 aliphatic rings. The van der Waals surface area contributed by atoms with Crippen molar-refractivity contribution in [2.75, 3.05) is 20.3 Å². The van der Waals surface area contributed by atoms with Crippen LogP contribution in [0.5, 0.6) is 0 Å². The van der Waals surface area contributed by atoms with E-state index in [1.807, 2.05) is 0 Å². The maximum atomic E-state index is 10.7. The van der Waals surface area contributed by atoms with Crippen molar-refractivity contribution in [2.45, 2.75) is 104 Å². The van der Waals surface area contributed by atoms with E-state index in [-0.39, 0.29) is 11.9 Å². The zero-order valence-corrected chi connectivity index (χ0v) is 20.1. The largest absolute Gasteiger partial charge is 0.412 e. The van der Waals surface area contributed by atoms with Crippen LogP contribution in [0.3, 0.4) is 0 Å². The zero-order valence-electron chi connectivity index (χ0n) is 20.1. The molecule has 1 aliphatic carbocycles. The lowest BCUT2D eigenvalue weighted by atomic mass is 9.84. The fourth-order valence-electron chi connectivity index (χ4n) is 5.23. The van der Waals surface area contributed by atoms with Crippen LogP contribution in [0.1, 0.15) is 6.42 Å². The molecular weight excluding hydrogens is 506 g/mol. The lowest BCUT2D eigenvalue weighted by molar-refractivity contribution is -0.439. The second-order valence-electron chi connectivity index (χ2n) is 9.72. The van der Waals surface area contributed by atoms with Gasteiger partial charge in [0.1, 0.15) is 48.8 Å². The molecule has 3 heterocycles. The lowest BCUT2D eigenvalue weighted by Crippen LogP contribution is -2.69. The van der Waals surface area contributed by atoms with Gasteiger partial charge in [0.15, 0.2) is 12.4 Å². The molecule has 0 aromatic rings. The summed E-state index contributed by atoms with van der Waals surface area (Å²) in [5.74, 6) is -2.48. The highest BCUT2D eigenvalue weighted by atomic mass is 16.9. The Labute approximate surface area is 211 Å². The highest BCUT2D eigenvalue weighted by Crippen LogP contribution is 2.45. The molecule has 1 saturated carbocycles. The van der Waals surface area contributed by atoms with Crippen LogP contribution in [0.25, 0.3) is 0 Å². The van der Waals surface area contributed by atoms with Crippen LogP contribution >= 0.6 is 0 Å². The van der Waals surface area contributed by atoms with Crippen LogP contribution in [0.15, 0.2) is 0 Å². The molecule has 1 spiro atoms. The summed E-state index contributed by atoms with van der Waals surface area (Å²) in [4.78, 5) is 0. The van der Waals surface area contributed by atoms with E-state index in [9.17, 15) is 40.9 Å². The third kappa shape index (κ3) is 5.26. The molecule has 17 heteroatoms. The fraction of sp³-hybridized carbons (Fsp3) is 1.00. The molecule has 218 valence electrons. The minimum Gasteiger partial charge on any atom is -0.412 e. The van der Waals surface area contributed by atoms with E-state index in [4.69, 9.17) is 35.2 Å². The number of likely N-dealkylation sites (N-methyl/N-ethyl adjacent to an activating group) is 1. The van der Waals surface area contributed by atoms with E-state index in [0.717, 1.165) is 0 Å². The molecule has 15 N–H and O–H groups in total. The van der Waals surface area contributed by atoms with E-state index >= 15 is 0 Å². The third-order valence-electron chi connectivity index (χ3n) is 7.42. The molecule has 0 aromatic heterocycles. The Bertz CT molecular complexity index is 757. The van der Waals surface area contributed by atoms with Gasteiger partial charge in [0, 0.05) is 12.1 Å². The average Bonchev–Trinajstić information content (AvgIpc) is 3.27. The predicted molar refractivity (Wildman–Crippen MR) is 118 cm³/mol. The molecule has 16 atom stereocenters. The molecule has 3 saturated heterocycles. The molecule has 4 fully saturated rings. The van der Waals surface area contributed by atoms with Crippen LogP contribution in [0.2, 0.25) is 0 Å². The van der Waals surface area contributed by atoms with Crippen molar-refractivity contribution in [3.8, 4) is 0 Å². The van der Waals surface area contributed by atoms with Gasteiger partial charge in [0.05, 0.1) is 31.5 Å². The van der Waals surface area contributed by atoms with Gasteiger partial charge in [-0.15, -0.1) is 0 Å². The number of hydrogen-bond acceptors (Lipinski definition) is 16. The average molecular weight is 546 g/mol. The summed E-state index contributed by atoms with van der Waals surface area (Å²) in [5.41, 5.74) is 11.8. The quantitative estimate of drug-likeness (QED) is 0.148. The number of rotatable bonds is 6. The number of hydrogen-bond donors (Lipinski definition) is 11. The van der Waals surface area contributed by atoms with E-state index in [1.165, 1.54) is 0 Å². The molecule has 0 aromatic carbocycles. The second kappa shape index (κ2) is 11.8. The van der Waals surface area contributed by atoms with Gasteiger partial charge in [-0.05, 0) is 13.5 Å². The number of fused-ring (bicyclic) bond motifs is 1. The minimum absolute atomic E-state index is 0. The van der Waals surface area contributed by atoms with Gasteiger partial charge in [-0.2, -0.15) is 0 Å². The van der Waals surface area contributed by atoms with Crippen molar-refractivity contribution in [1.29, 1.82) is 0 Å². The topological polar surface area (TPSA) is 304 Å². The van der Waals surface area contributed by atoms with Gasteiger partial charge in [-0.25, -0.2) is 0 Å². The normalized spacial score (nSPS) is 52.9. The first-order valence-corrected chi connectivity index (χ1v) is 11.8. The number of ether oxygens (including phenoxy) is 5. The van der Waals surface area contributed by atoms with Gasteiger partial charge in [-0.1, -0.05) is 0 Å². The molecule has 37 heavy (non-hydrogen) atoms. The number of aliphatic hydroxyl groups excluding tert-OH is 8. The second-order valence-corrected chi connectivity index (χ2v) is 9.72. The molecular formula is C20H39N3O14. The smallest absolute Gasteiger partial charge is 0.314 e. The van der Waals surface area contributed by atoms with Crippen LogP contribution in [-0.4, -0.2) is 164 Å². The third-order valence-corrected chi connectivity index (χ3v) is 7.42. The summed E-state index contributed by atoms with van der Waals surface area (Å²) in [6.45, 7) is -1.33. The summed E-state index contributed by atoms with van der Waals surface area (Å²) in [6.07, 6.45) is -17.7. The lowest BCUT2D eigenvalue weighted by Gasteiger charge is -2.46. The Morgan fingerprint density at radius 1 is 0.946 bits per heavy atom. The van der Waals surface area contributed by atoms with Gasteiger partial charge in [0.25, 0.3) is 0 Å². The van der Waals surface area contributed by atoms with Crippen molar-refractivity contribution in [3.05, 3.63) is 0 Å². The molecule has 0 bridgehead atoms. The summed E-state index contributed by atoms with van der Waals surface area (Å²) < 4.78 is 28.7. The Morgan fingerprint density at radius 2 is 1.59 bits per heavy atom. The summed E-state index contributed by atoms with van der Waals surface area (Å²) in [5, 5.41) is 85.6. The standard InChI is InChI=1S/C20H37N3O13.H2O/c1-23-7-2-5(21)9(26)15(10(7)27)33-19-17-16(11(28)8(4-25)32-19)35-20(36-17)18(31)13(30)12(29)14(34-20)6(22)3-24;/h5-19,23-31H,2-4,21-22H2,1H3;1H2/t5-,6?,7+,8-,9+,10-,11+,12-,13+,14-,15-,16+,17+,18-,19+,20?;/m1./s1. The van der Waals surface area contributed by atoms with Crippen molar-refractivity contribution in [3.63, 3.8) is 0 Å². The fourth-order valence-corrected chi connectivity index (χ4v) is 5.23. The summed E-state index contributed by atoms with van der Waals surface area (Å²) >= 11 is 0. The Morgan fingerprint density at radius 3 is 2.19 bits per heavy atom. The van der Waals surface area contributed by atoms with Crippen LogP contribution in [0, 0.1) is 0 Å². The first-order chi connectivity index (χ1) is 17.0. The molecule has 2 unspecified atom stereocenters. The first-order valence-electron chi connectivity index (χ1n) is 11.8. The van der Waals surface area contributed by atoms with Crippen molar-refractivity contribution < 1.29 is 70.0 Å². The van der Waals surface area contributed by atoms with Crippen LogP contribution < -0.4 is 16.8 Å². The van der Waals surface area contributed by atoms with Gasteiger partial charge < -0.3 is 86.8 Å². The SMILES string of the molecule is CN[C@H]1C[C@@H](N)[C@H](O)[C@@H](O[C@@H]2O[C@H](CO)[C@H](O)[C@@H]3OC4(O[C@H]23)O[C@H](C(N)CO)[C@H](O)[C@H](O)[C@H]4O)[C@@H]1O.O. The maximum absolute atomic E-state index is 10.7. The van der Waals surface area contributed by atoms with Gasteiger partial charge >= 0.3 is 5.97 Å². The van der Waals surface area contributed by atoms with Crippen molar-refractivity contribution in [1.82, 2.24) is 5.32 Å². The number of nitrogens with two attached hydrogens (primary N) is 2. The molecule has 0 amide bonds. The monoisotopic (exact) mass is 545 g/mol. The van der Waals surface area contributed by atoms with Crippen LogP contribution in [-0.2, 0) is 23.7 Å². The van der Waals surface area contributed by atoms with Gasteiger partial charge in [0.2, 0.25) is 0 Å². The maximum Gasteiger partial charge on any atom is 0.314 e. The van der Waals surface area contributed by atoms with Crippen molar-refractivity contribution >= 4 is 0 Å². The highest BCUT2D eigenvalue weighted by Gasteiger charge is 2.67. The van der Waals surface area contributed by atoms with E-state index < -0.39 is 111 Å². The van der Waals surface area contributed by atoms with E-state index in [2.05, 4.69) is 5.32 Å². The highest BCUT2D eigenvalue weighted by molar-refractivity contribution is 5.05. The predicted octanol–water partition coefficient (Wildman–Crippen LogP) is -8.10. The van der Waals surface area contributed by atoms with E-state index in [1.54, 1.807) is 7.05 Å². The molecule has 0 radical (unpaired) electrons. The Kier molecular flexibility index (Phi) is 9.86. The molecule has 3 aliphatic heterocycles. The summed E-state index contributed by atoms with van der Waals surface area (Å²) in [7, 11) is 1.60. The zero-order chi connectivity index (χ0) is 26.5. The van der Waals surface area contributed by atoms with E-state index in [0.29, 0.717) is 0 Å². The van der Waals surface area contributed by atoms with Gasteiger partial charge in [-0.3, -0.25) is 0 Å².